The molecule has 1 amide bonds. The van der Waals surface area contributed by atoms with E-state index < -0.39 is 0 Å². The Kier molecular flexibility index (Phi) is 7.71. The zero-order valence-electron chi connectivity index (χ0n) is 14.9. The Morgan fingerprint density at radius 2 is 1.82 bits per heavy atom. The van der Waals surface area contributed by atoms with Gasteiger partial charge in [-0.3, -0.25) is 4.79 Å². The van der Waals surface area contributed by atoms with E-state index in [-0.39, 0.29) is 0 Å². The highest BCUT2D eigenvalue weighted by Gasteiger charge is 2.29. The van der Waals surface area contributed by atoms with Gasteiger partial charge in [-0.25, -0.2) is 0 Å². The van der Waals surface area contributed by atoms with Gasteiger partial charge in [0, 0.05) is 25.6 Å². The monoisotopic (exact) mass is 308 g/mol. The lowest BCUT2D eigenvalue weighted by Crippen LogP contribution is -2.50. The summed E-state index contributed by atoms with van der Waals surface area (Å²) in [7, 11) is 0. The van der Waals surface area contributed by atoms with Gasteiger partial charge >= 0.3 is 0 Å². The Morgan fingerprint density at radius 3 is 2.55 bits per heavy atom. The first-order chi connectivity index (χ1) is 10.7. The van der Waals surface area contributed by atoms with Crippen molar-refractivity contribution in [1.29, 1.82) is 0 Å². The maximum Gasteiger partial charge on any atom is 0.223 e. The van der Waals surface area contributed by atoms with Gasteiger partial charge in [-0.1, -0.05) is 39.5 Å². The highest BCUT2D eigenvalue weighted by molar-refractivity contribution is 5.76. The third-order valence-corrected chi connectivity index (χ3v) is 5.44. The van der Waals surface area contributed by atoms with Crippen LogP contribution in [-0.2, 0) is 4.79 Å². The normalized spacial score (nSPS) is 25.2. The van der Waals surface area contributed by atoms with E-state index in [2.05, 4.69) is 23.6 Å². The first-order valence-electron chi connectivity index (χ1n) is 9.72. The Hall–Kier alpha value is -0.570. The van der Waals surface area contributed by atoms with Gasteiger partial charge in [-0.05, 0) is 51.1 Å². The summed E-state index contributed by atoms with van der Waals surface area (Å²) in [5.74, 6) is 0.968. The Morgan fingerprint density at radius 1 is 1.09 bits per heavy atom. The van der Waals surface area contributed by atoms with Crippen molar-refractivity contribution in [2.45, 2.75) is 84.1 Å². The summed E-state index contributed by atoms with van der Waals surface area (Å²) in [5.41, 5.74) is 0. The summed E-state index contributed by atoms with van der Waals surface area (Å²) in [4.78, 5) is 17.6. The Balaban J connectivity index is 1.83. The molecule has 2 aliphatic heterocycles. The van der Waals surface area contributed by atoms with Gasteiger partial charge in [0.25, 0.3) is 0 Å². The molecule has 0 bridgehead atoms. The van der Waals surface area contributed by atoms with Crippen molar-refractivity contribution >= 4 is 5.91 Å². The predicted octanol–water partition coefficient (Wildman–Crippen LogP) is 4.07. The van der Waals surface area contributed by atoms with Crippen LogP contribution < -0.4 is 0 Å². The molecule has 2 heterocycles. The second-order valence-electron chi connectivity index (χ2n) is 7.55. The van der Waals surface area contributed by atoms with Crippen molar-refractivity contribution in [3.05, 3.63) is 0 Å². The van der Waals surface area contributed by atoms with E-state index in [0.717, 1.165) is 19.5 Å². The predicted molar refractivity (Wildman–Crippen MR) is 92.9 cm³/mol. The molecule has 2 unspecified atom stereocenters. The first kappa shape index (κ1) is 17.8. The maximum absolute atomic E-state index is 12.7. The van der Waals surface area contributed by atoms with E-state index in [0.29, 0.717) is 17.9 Å². The molecule has 22 heavy (non-hydrogen) atoms. The lowest BCUT2D eigenvalue weighted by Gasteiger charge is -2.40. The van der Waals surface area contributed by atoms with Crippen molar-refractivity contribution in [3.63, 3.8) is 0 Å². The highest BCUT2D eigenvalue weighted by Crippen LogP contribution is 2.22. The average molecular weight is 309 g/mol. The molecular weight excluding hydrogens is 272 g/mol. The van der Waals surface area contributed by atoms with Crippen molar-refractivity contribution in [3.8, 4) is 0 Å². The molecule has 2 saturated heterocycles. The largest absolute Gasteiger partial charge is 0.338 e. The first-order valence-corrected chi connectivity index (χ1v) is 9.72. The van der Waals surface area contributed by atoms with Crippen LogP contribution in [0.4, 0.5) is 0 Å². The standard InChI is InChI=1S/C19H36N2O/c1-3-4-10-17(2)15-19(22)21-14-9-6-11-18(21)16-20-12-7-5-8-13-20/h17-18H,3-16H2,1-2H3. The van der Waals surface area contributed by atoms with Crippen molar-refractivity contribution in [2.24, 2.45) is 5.92 Å². The number of piperidine rings is 2. The van der Waals surface area contributed by atoms with E-state index in [1.54, 1.807) is 0 Å². The van der Waals surface area contributed by atoms with Crippen molar-refractivity contribution < 1.29 is 4.79 Å². The number of rotatable bonds is 7. The van der Waals surface area contributed by atoms with Crippen LogP contribution in [0.1, 0.15) is 78.1 Å². The SMILES string of the molecule is CCCCC(C)CC(=O)N1CCCCC1CN1CCCCC1. The molecule has 2 rings (SSSR count). The Labute approximate surface area is 137 Å². The zero-order valence-corrected chi connectivity index (χ0v) is 14.9. The number of nitrogens with zero attached hydrogens (tertiary/aromatic N) is 2. The molecule has 0 radical (unpaired) electrons. The topological polar surface area (TPSA) is 23.6 Å². The summed E-state index contributed by atoms with van der Waals surface area (Å²) in [6, 6.07) is 0.484. The van der Waals surface area contributed by atoms with Gasteiger partial charge in [0.05, 0.1) is 0 Å². The molecule has 0 aliphatic carbocycles. The van der Waals surface area contributed by atoms with Crippen LogP contribution in [-0.4, -0.2) is 47.9 Å². The lowest BCUT2D eigenvalue weighted by molar-refractivity contribution is -0.136. The maximum atomic E-state index is 12.7. The summed E-state index contributed by atoms with van der Waals surface area (Å²) in [6.07, 6.45) is 12.2. The third-order valence-electron chi connectivity index (χ3n) is 5.44. The molecule has 2 aliphatic rings. The molecule has 0 spiro atoms. The lowest BCUT2D eigenvalue weighted by atomic mass is 9.96. The van der Waals surface area contributed by atoms with Crippen molar-refractivity contribution in [1.82, 2.24) is 9.80 Å². The molecule has 0 aromatic rings. The van der Waals surface area contributed by atoms with Crippen LogP contribution in [0.3, 0.4) is 0 Å². The van der Waals surface area contributed by atoms with Gasteiger partial charge in [0.1, 0.15) is 0 Å². The average Bonchev–Trinajstić information content (AvgIpc) is 2.54. The number of likely N-dealkylation sites (tertiary alicyclic amines) is 2. The molecule has 2 fully saturated rings. The van der Waals surface area contributed by atoms with Crippen LogP contribution >= 0.6 is 0 Å². The molecular formula is C19H36N2O. The minimum Gasteiger partial charge on any atom is -0.338 e. The fourth-order valence-electron chi connectivity index (χ4n) is 4.03. The van der Waals surface area contributed by atoms with Gasteiger partial charge < -0.3 is 9.80 Å². The fraction of sp³-hybridized carbons (Fsp3) is 0.947. The molecule has 0 N–H and O–H groups in total. The van der Waals surface area contributed by atoms with Crippen LogP contribution in [0, 0.1) is 5.92 Å². The number of amides is 1. The minimum absolute atomic E-state index is 0.422. The quantitative estimate of drug-likeness (QED) is 0.708. The Bertz CT molecular complexity index is 325. The smallest absolute Gasteiger partial charge is 0.223 e. The zero-order chi connectivity index (χ0) is 15.8. The number of carbonyl (C=O) groups is 1. The van der Waals surface area contributed by atoms with Crippen LogP contribution in [0.2, 0.25) is 0 Å². The molecule has 3 heteroatoms. The molecule has 2 atom stereocenters. The summed E-state index contributed by atoms with van der Waals surface area (Å²) in [5, 5.41) is 0. The minimum atomic E-state index is 0.422. The van der Waals surface area contributed by atoms with Crippen LogP contribution in [0.5, 0.6) is 0 Å². The molecule has 0 aromatic carbocycles. The second kappa shape index (κ2) is 9.54. The van der Waals surface area contributed by atoms with Gasteiger partial charge in [-0.15, -0.1) is 0 Å². The van der Waals surface area contributed by atoms with E-state index in [9.17, 15) is 4.79 Å². The van der Waals surface area contributed by atoms with Gasteiger partial charge in [0.2, 0.25) is 5.91 Å². The van der Waals surface area contributed by atoms with E-state index in [4.69, 9.17) is 0 Å². The molecule has 3 nitrogen and oxygen atoms in total. The number of carbonyl (C=O) groups excluding carboxylic acids is 1. The highest BCUT2D eigenvalue weighted by atomic mass is 16.2. The van der Waals surface area contributed by atoms with Crippen LogP contribution in [0.25, 0.3) is 0 Å². The van der Waals surface area contributed by atoms with Crippen LogP contribution in [0.15, 0.2) is 0 Å². The van der Waals surface area contributed by atoms with E-state index in [1.807, 2.05) is 0 Å². The van der Waals surface area contributed by atoms with Crippen molar-refractivity contribution in [2.75, 3.05) is 26.2 Å². The molecule has 0 saturated carbocycles. The second-order valence-corrected chi connectivity index (χ2v) is 7.55. The molecule has 128 valence electrons. The summed E-state index contributed by atoms with van der Waals surface area (Å²) < 4.78 is 0. The fourth-order valence-corrected chi connectivity index (χ4v) is 4.03. The number of hydrogen-bond donors (Lipinski definition) is 0. The number of hydrogen-bond acceptors (Lipinski definition) is 2. The van der Waals surface area contributed by atoms with Gasteiger partial charge in [0.15, 0.2) is 0 Å². The molecule has 0 aromatic heterocycles. The third kappa shape index (κ3) is 5.57. The number of unbranched alkanes of at least 4 members (excludes halogenated alkanes) is 1. The summed E-state index contributed by atoms with van der Waals surface area (Å²) >= 11 is 0. The summed E-state index contributed by atoms with van der Waals surface area (Å²) in [6.45, 7) is 9.08. The van der Waals surface area contributed by atoms with Gasteiger partial charge in [-0.2, -0.15) is 0 Å². The van der Waals surface area contributed by atoms with E-state index in [1.165, 1.54) is 70.9 Å². The van der Waals surface area contributed by atoms with E-state index >= 15 is 0 Å².